The molecule has 0 bridgehead atoms. The van der Waals surface area contributed by atoms with Gasteiger partial charge in [-0.2, -0.15) is 0 Å². The summed E-state index contributed by atoms with van der Waals surface area (Å²) in [6.45, 7) is 6.44. The van der Waals surface area contributed by atoms with Gasteiger partial charge in [0.05, 0.1) is 22.4 Å². The number of aryl methyl sites for hydroxylation is 2. The summed E-state index contributed by atoms with van der Waals surface area (Å²) in [5.74, 6) is 0.681. The fraction of sp³-hybridized carbons (Fsp3) is 0.348. The van der Waals surface area contributed by atoms with Crippen LogP contribution in [0.15, 0.2) is 48.7 Å². The topological polar surface area (TPSA) is 64.1 Å². The standard InChI is InChI=1S/C23H27N3O2S/c1-4-5-12-21-25-17(3)22(29-21)23(27)26-16(2)18-9-8-11-20(14-18)28-15-19-10-6-7-13-24-19/h6-11,13-14,16H,4-5,12,15H2,1-3H3,(H,26,27). The van der Waals surface area contributed by atoms with Crippen molar-refractivity contribution in [2.75, 3.05) is 0 Å². The highest BCUT2D eigenvalue weighted by atomic mass is 32.1. The second-order valence-corrected chi connectivity index (χ2v) is 8.09. The number of nitrogens with one attached hydrogen (secondary N) is 1. The summed E-state index contributed by atoms with van der Waals surface area (Å²) in [4.78, 5) is 22.3. The maximum atomic E-state index is 12.8. The van der Waals surface area contributed by atoms with E-state index < -0.39 is 0 Å². The zero-order chi connectivity index (χ0) is 20.6. The summed E-state index contributed by atoms with van der Waals surface area (Å²) in [5.41, 5.74) is 2.67. The van der Waals surface area contributed by atoms with Crippen molar-refractivity contribution in [1.29, 1.82) is 0 Å². The molecule has 0 radical (unpaired) electrons. The lowest BCUT2D eigenvalue weighted by Gasteiger charge is -2.15. The molecule has 0 fully saturated rings. The molecule has 152 valence electrons. The van der Waals surface area contributed by atoms with E-state index in [0.29, 0.717) is 11.5 Å². The van der Waals surface area contributed by atoms with Gasteiger partial charge in [-0.25, -0.2) is 4.98 Å². The van der Waals surface area contributed by atoms with Crippen LogP contribution in [0.25, 0.3) is 0 Å². The minimum atomic E-state index is -0.138. The van der Waals surface area contributed by atoms with Gasteiger partial charge in [-0.05, 0) is 56.5 Å². The smallest absolute Gasteiger partial charge is 0.263 e. The average molecular weight is 410 g/mol. The van der Waals surface area contributed by atoms with E-state index in [1.165, 1.54) is 11.3 Å². The molecule has 1 amide bonds. The van der Waals surface area contributed by atoms with Gasteiger partial charge in [0.1, 0.15) is 17.2 Å². The highest BCUT2D eigenvalue weighted by Crippen LogP contribution is 2.23. The Kier molecular flexibility index (Phi) is 7.36. The molecule has 3 aromatic rings. The van der Waals surface area contributed by atoms with E-state index >= 15 is 0 Å². The molecule has 0 spiro atoms. The Hall–Kier alpha value is -2.73. The van der Waals surface area contributed by atoms with Gasteiger partial charge in [-0.1, -0.05) is 31.5 Å². The first kappa shape index (κ1) is 21.0. The molecule has 1 N–H and O–H groups in total. The lowest BCUT2D eigenvalue weighted by molar-refractivity contribution is 0.0943. The number of unbranched alkanes of at least 4 members (excludes halogenated alkanes) is 1. The first-order valence-corrected chi connectivity index (χ1v) is 10.8. The second kappa shape index (κ2) is 10.2. The van der Waals surface area contributed by atoms with Gasteiger partial charge < -0.3 is 10.1 Å². The summed E-state index contributed by atoms with van der Waals surface area (Å²) in [5, 5.41) is 4.12. The number of amides is 1. The van der Waals surface area contributed by atoms with Crippen LogP contribution < -0.4 is 10.1 Å². The summed E-state index contributed by atoms with van der Waals surface area (Å²) >= 11 is 1.50. The second-order valence-electron chi connectivity index (χ2n) is 7.00. The average Bonchev–Trinajstić information content (AvgIpc) is 3.12. The molecular weight excluding hydrogens is 382 g/mol. The fourth-order valence-corrected chi connectivity index (χ4v) is 3.97. The minimum Gasteiger partial charge on any atom is -0.487 e. The Bertz CT molecular complexity index is 940. The number of pyridine rings is 1. The van der Waals surface area contributed by atoms with Crippen molar-refractivity contribution in [3.05, 3.63) is 75.5 Å². The number of carbonyl (C=O) groups excluding carboxylic acids is 1. The molecule has 0 saturated heterocycles. The Morgan fingerprint density at radius 2 is 2.10 bits per heavy atom. The number of hydrogen-bond donors (Lipinski definition) is 1. The molecule has 6 heteroatoms. The summed E-state index contributed by atoms with van der Waals surface area (Å²) in [6.07, 6.45) is 4.90. The van der Waals surface area contributed by atoms with Crippen LogP contribution in [0.5, 0.6) is 5.75 Å². The summed E-state index contributed by atoms with van der Waals surface area (Å²) in [7, 11) is 0. The van der Waals surface area contributed by atoms with Gasteiger partial charge in [0.25, 0.3) is 5.91 Å². The van der Waals surface area contributed by atoms with E-state index in [2.05, 4.69) is 22.2 Å². The number of thiazole rings is 1. The lowest BCUT2D eigenvalue weighted by atomic mass is 10.1. The highest BCUT2D eigenvalue weighted by molar-refractivity contribution is 7.13. The van der Waals surface area contributed by atoms with Gasteiger partial charge in [-0.15, -0.1) is 11.3 Å². The quantitative estimate of drug-likeness (QED) is 0.524. The van der Waals surface area contributed by atoms with Gasteiger partial charge in [0.2, 0.25) is 0 Å². The molecular formula is C23H27N3O2S. The predicted octanol–water partition coefficient (Wildman–Crippen LogP) is 5.26. The Morgan fingerprint density at radius 3 is 2.86 bits per heavy atom. The zero-order valence-corrected chi connectivity index (χ0v) is 18.0. The molecule has 5 nitrogen and oxygen atoms in total. The third-order valence-electron chi connectivity index (χ3n) is 4.61. The molecule has 0 saturated carbocycles. The van der Waals surface area contributed by atoms with Crippen LogP contribution in [-0.2, 0) is 13.0 Å². The largest absolute Gasteiger partial charge is 0.487 e. The number of carbonyl (C=O) groups is 1. The molecule has 2 aromatic heterocycles. The molecule has 0 aliphatic carbocycles. The number of ether oxygens (including phenoxy) is 1. The van der Waals surface area contributed by atoms with E-state index in [4.69, 9.17) is 4.74 Å². The van der Waals surface area contributed by atoms with Gasteiger partial charge in [0.15, 0.2) is 0 Å². The van der Waals surface area contributed by atoms with E-state index in [-0.39, 0.29) is 11.9 Å². The third-order valence-corrected chi connectivity index (χ3v) is 5.83. The van der Waals surface area contributed by atoms with Crippen molar-refractivity contribution >= 4 is 17.2 Å². The van der Waals surface area contributed by atoms with Crippen molar-refractivity contribution in [1.82, 2.24) is 15.3 Å². The van der Waals surface area contributed by atoms with Crippen molar-refractivity contribution in [2.45, 2.75) is 52.7 Å². The zero-order valence-electron chi connectivity index (χ0n) is 17.1. The van der Waals surface area contributed by atoms with E-state index in [0.717, 1.165) is 47.0 Å². The Labute approximate surface area is 176 Å². The van der Waals surface area contributed by atoms with Crippen LogP contribution in [0.4, 0.5) is 0 Å². The highest BCUT2D eigenvalue weighted by Gasteiger charge is 2.18. The maximum Gasteiger partial charge on any atom is 0.263 e. The monoisotopic (exact) mass is 409 g/mol. The van der Waals surface area contributed by atoms with E-state index in [9.17, 15) is 4.79 Å². The fourth-order valence-electron chi connectivity index (χ4n) is 2.96. The third kappa shape index (κ3) is 5.87. The molecule has 1 aromatic carbocycles. The van der Waals surface area contributed by atoms with Crippen LogP contribution in [0.1, 0.15) is 64.4 Å². The number of rotatable bonds is 9. The molecule has 0 aliphatic rings. The number of hydrogen-bond acceptors (Lipinski definition) is 5. The van der Waals surface area contributed by atoms with Gasteiger partial charge in [0, 0.05) is 6.20 Å². The summed E-state index contributed by atoms with van der Waals surface area (Å²) in [6, 6.07) is 13.4. The SMILES string of the molecule is CCCCc1nc(C)c(C(=O)NC(C)c2cccc(OCc3ccccn3)c2)s1. The van der Waals surface area contributed by atoms with Gasteiger partial charge >= 0.3 is 0 Å². The van der Waals surface area contributed by atoms with Crippen LogP contribution in [0.2, 0.25) is 0 Å². The maximum absolute atomic E-state index is 12.8. The van der Waals surface area contributed by atoms with Crippen molar-refractivity contribution < 1.29 is 9.53 Å². The van der Waals surface area contributed by atoms with Crippen LogP contribution in [0, 0.1) is 6.92 Å². The van der Waals surface area contributed by atoms with Crippen LogP contribution in [0.3, 0.4) is 0 Å². The van der Waals surface area contributed by atoms with E-state index in [1.807, 2.05) is 56.3 Å². The van der Waals surface area contributed by atoms with Crippen molar-refractivity contribution in [3.63, 3.8) is 0 Å². The molecule has 0 aliphatic heterocycles. The van der Waals surface area contributed by atoms with Crippen molar-refractivity contribution in [3.8, 4) is 5.75 Å². The predicted molar refractivity (Wildman–Crippen MR) is 116 cm³/mol. The Balaban J connectivity index is 1.62. The lowest BCUT2D eigenvalue weighted by Crippen LogP contribution is -2.26. The first-order chi connectivity index (χ1) is 14.1. The summed E-state index contributed by atoms with van der Waals surface area (Å²) < 4.78 is 5.85. The van der Waals surface area contributed by atoms with E-state index in [1.54, 1.807) is 6.20 Å². The molecule has 2 heterocycles. The van der Waals surface area contributed by atoms with Crippen molar-refractivity contribution in [2.24, 2.45) is 0 Å². The minimum absolute atomic E-state index is 0.0740. The van der Waals surface area contributed by atoms with Crippen LogP contribution >= 0.6 is 11.3 Å². The Morgan fingerprint density at radius 1 is 1.24 bits per heavy atom. The number of nitrogens with zero attached hydrogens (tertiary/aromatic N) is 2. The normalized spacial score (nSPS) is 11.8. The van der Waals surface area contributed by atoms with Gasteiger partial charge in [-0.3, -0.25) is 9.78 Å². The molecule has 1 atom stereocenters. The first-order valence-electron chi connectivity index (χ1n) is 9.96. The van der Waals surface area contributed by atoms with Crippen LogP contribution in [-0.4, -0.2) is 15.9 Å². The molecule has 1 unspecified atom stereocenters. The molecule has 29 heavy (non-hydrogen) atoms. The number of benzene rings is 1. The molecule has 3 rings (SSSR count). The number of aromatic nitrogens is 2.